The fourth-order valence-electron chi connectivity index (χ4n) is 2.81. The molecule has 0 spiro atoms. The van der Waals surface area contributed by atoms with Crippen LogP contribution in [0.25, 0.3) is 0 Å². The van der Waals surface area contributed by atoms with Gasteiger partial charge in [-0.2, -0.15) is 0 Å². The minimum absolute atomic E-state index is 0.111. The van der Waals surface area contributed by atoms with Crippen LogP contribution < -0.4 is 14.8 Å². The molecule has 0 radical (unpaired) electrons. The standard InChI is InChI=1S/C23H24N2O4S/c1-4-29-21-11-6-18(7-12-21)23(26)24-19-9-13-22(14-10-19)30(27,28)25-20-8-5-16(2)17(3)15-20/h5-15,25H,4H2,1-3H3,(H,24,26). The third-order valence-electron chi connectivity index (χ3n) is 4.61. The molecular weight excluding hydrogens is 400 g/mol. The van der Waals surface area contributed by atoms with Gasteiger partial charge in [-0.15, -0.1) is 0 Å². The van der Waals surface area contributed by atoms with Gasteiger partial charge in [-0.25, -0.2) is 8.42 Å². The molecule has 156 valence electrons. The highest BCUT2D eigenvalue weighted by molar-refractivity contribution is 7.92. The first kappa shape index (κ1) is 21.4. The number of amides is 1. The summed E-state index contributed by atoms with van der Waals surface area (Å²) in [4.78, 5) is 12.5. The van der Waals surface area contributed by atoms with E-state index in [1.165, 1.54) is 12.1 Å². The summed E-state index contributed by atoms with van der Waals surface area (Å²) in [5.74, 6) is 0.404. The Labute approximate surface area is 177 Å². The molecule has 1 amide bonds. The Hall–Kier alpha value is -3.32. The Balaban J connectivity index is 1.68. The monoisotopic (exact) mass is 424 g/mol. The van der Waals surface area contributed by atoms with Crippen LogP contribution >= 0.6 is 0 Å². The molecule has 0 saturated heterocycles. The summed E-state index contributed by atoms with van der Waals surface area (Å²) >= 11 is 0. The number of benzene rings is 3. The molecule has 3 rings (SSSR count). The normalized spacial score (nSPS) is 11.0. The van der Waals surface area contributed by atoms with Crippen LogP contribution in [0.1, 0.15) is 28.4 Å². The highest BCUT2D eigenvalue weighted by atomic mass is 32.2. The zero-order valence-electron chi connectivity index (χ0n) is 17.1. The fraction of sp³-hybridized carbons (Fsp3) is 0.174. The van der Waals surface area contributed by atoms with Gasteiger partial charge in [-0.3, -0.25) is 9.52 Å². The predicted molar refractivity (Wildman–Crippen MR) is 119 cm³/mol. The molecule has 2 N–H and O–H groups in total. The molecule has 6 nitrogen and oxygen atoms in total. The van der Waals surface area contributed by atoms with E-state index in [9.17, 15) is 13.2 Å². The number of ether oxygens (including phenoxy) is 1. The Morgan fingerprint density at radius 2 is 1.50 bits per heavy atom. The second-order valence-corrected chi connectivity index (χ2v) is 8.52. The van der Waals surface area contributed by atoms with Crippen LogP contribution in [0.2, 0.25) is 0 Å². The number of carbonyl (C=O) groups excluding carboxylic acids is 1. The van der Waals surface area contributed by atoms with Gasteiger partial charge in [0, 0.05) is 16.9 Å². The lowest BCUT2D eigenvalue weighted by atomic mass is 10.1. The first-order chi connectivity index (χ1) is 14.3. The predicted octanol–water partition coefficient (Wildman–Crippen LogP) is 4.76. The van der Waals surface area contributed by atoms with Crippen molar-refractivity contribution in [3.05, 3.63) is 83.4 Å². The number of nitrogens with one attached hydrogen (secondary N) is 2. The zero-order chi connectivity index (χ0) is 21.7. The molecule has 0 bridgehead atoms. The van der Waals surface area contributed by atoms with Gasteiger partial charge in [-0.1, -0.05) is 6.07 Å². The largest absolute Gasteiger partial charge is 0.494 e. The molecule has 0 aliphatic heterocycles. The lowest BCUT2D eigenvalue weighted by molar-refractivity contribution is 0.102. The minimum Gasteiger partial charge on any atom is -0.494 e. The number of hydrogen-bond acceptors (Lipinski definition) is 4. The molecule has 30 heavy (non-hydrogen) atoms. The Morgan fingerprint density at radius 1 is 0.867 bits per heavy atom. The van der Waals surface area contributed by atoms with Crippen LogP contribution in [0.4, 0.5) is 11.4 Å². The lowest BCUT2D eigenvalue weighted by Gasteiger charge is -2.11. The summed E-state index contributed by atoms with van der Waals surface area (Å²) in [5.41, 5.74) is 3.57. The molecule has 0 unspecified atom stereocenters. The highest BCUT2D eigenvalue weighted by Gasteiger charge is 2.15. The number of hydrogen-bond donors (Lipinski definition) is 2. The van der Waals surface area contributed by atoms with Crippen molar-refractivity contribution in [3.8, 4) is 5.75 Å². The third kappa shape index (κ3) is 5.18. The van der Waals surface area contributed by atoms with E-state index in [1.54, 1.807) is 48.5 Å². The van der Waals surface area contributed by atoms with Crippen molar-refractivity contribution in [2.24, 2.45) is 0 Å². The topological polar surface area (TPSA) is 84.5 Å². The van der Waals surface area contributed by atoms with Crippen LogP contribution in [0.5, 0.6) is 5.75 Å². The lowest BCUT2D eigenvalue weighted by Crippen LogP contribution is -2.14. The van der Waals surface area contributed by atoms with Crippen LogP contribution in [0, 0.1) is 13.8 Å². The Bertz CT molecular complexity index is 1140. The number of aryl methyl sites for hydroxylation is 2. The molecule has 0 atom stereocenters. The van der Waals surface area contributed by atoms with Crippen molar-refractivity contribution in [2.75, 3.05) is 16.6 Å². The molecule has 3 aromatic rings. The third-order valence-corrected chi connectivity index (χ3v) is 6.01. The second-order valence-electron chi connectivity index (χ2n) is 6.84. The van der Waals surface area contributed by atoms with Gasteiger partial charge in [-0.05, 0) is 92.6 Å². The van der Waals surface area contributed by atoms with Crippen LogP contribution in [0.15, 0.2) is 71.6 Å². The summed E-state index contributed by atoms with van der Waals surface area (Å²) in [7, 11) is -3.73. The maximum absolute atomic E-state index is 12.6. The van der Waals surface area contributed by atoms with Crippen LogP contribution in [0.3, 0.4) is 0 Å². The van der Waals surface area contributed by atoms with E-state index in [0.717, 1.165) is 11.1 Å². The van der Waals surface area contributed by atoms with E-state index in [1.807, 2.05) is 26.8 Å². The van der Waals surface area contributed by atoms with E-state index >= 15 is 0 Å². The summed E-state index contributed by atoms with van der Waals surface area (Å²) in [6.45, 7) is 6.34. The SMILES string of the molecule is CCOc1ccc(C(=O)Nc2ccc(S(=O)(=O)Nc3ccc(C)c(C)c3)cc2)cc1. The van der Waals surface area contributed by atoms with Crippen molar-refractivity contribution in [1.29, 1.82) is 0 Å². The Morgan fingerprint density at radius 3 is 2.10 bits per heavy atom. The summed E-state index contributed by atoms with van der Waals surface area (Å²) in [6.07, 6.45) is 0. The molecule has 0 saturated carbocycles. The van der Waals surface area contributed by atoms with E-state index in [4.69, 9.17) is 4.74 Å². The molecule has 7 heteroatoms. The number of sulfonamides is 1. The molecule has 0 aromatic heterocycles. The first-order valence-electron chi connectivity index (χ1n) is 9.53. The molecule has 3 aromatic carbocycles. The van der Waals surface area contributed by atoms with Gasteiger partial charge in [0.1, 0.15) is 5.75 Å². The number of carbonyl (C=O) groups is 1. The smallest absolute Gasteiger partial charge is 0.261 e. The zero-order valence-corrected chi connectivity index (χ0v) is 17.9. The van der Waals surface area contributed by atoms with Gasteiger partial charge >= 0.3 is 0 Å². The number of anilines is 2. The van der Waals surface area contributed by atoms with Crippen molar-refractivity contribution in [3.63, 3.8) is 0 Å². The summed E-state index contributed by atoms with van der Waals surface area (Å²) in [6, 6.07) is 18.2. The Kier molecular flexibility index (Phi) is 6.42. The molecule has 0 heterocycles. The molecule has 0 aliphatic rings. The van der Waals surface area contributed by atoms with Gasteiger partial charge < -0.3 is 10.1 Å². The van der Waals surface area contributed by atoms with Gasteiger partial charge in [0.05, 0.1) is 11.5 Å². The van der Waals surface area contributed by atoms with Crippen molar-refractivity contribution < 1.29 is 17.9 Å². The van der Waals surface area contributed by atoms with Gasteiger partial charge in [0.25, 0.3) is 15.9 Å². The average Bonchev–Trinajstić information content (AvgIpc) is 2.72. The first-order valence-corrected chi connectivity index (χ1v) is 11.0. The van der Waals surface area contributed by atoms with E-state index < -0.39 is 10.0 Å². The van der Waals surface area contributed by atoms with Crippen molar-refractivity contribution in [2.45, 2.75) is 25.7 Å². The van der Waals surface area contributed by atoms with E-state index in [2.05, 4.69) is 10.0 Å². The summed E-state index contributed by atoms with van der Waals surface area (Å²) < 4.78 is 33.2. The average molecular weight is 425 g/mol. The van der Waals surface area contributed by atoms with Crippen molar-refractivity contribution >= 4 is 27.3 Å². The maximum Gasteiger partial charge on any atom is 0.261 e. The van der Waals surface area contributed by atoms with E-state index in [-0.39, 0.29) is 10.8 Å². The van der Waals surface area contributed by atoms with Crippen LogP contribution in [-0.2, 0) is 10.0 Å². The number of rotatable bonds is 7. The fourth-order valence-corrected chi connectivity index (χ4v) is 3.86. The maximum atomic E-state index is 12.6. The van der Waals surface area contributed by atoms with Gasteiger partial charge in [0.2, 0.25) is 0 Å². The highest BCUT2D eigenvalue weighted by Crippen LogP contribution is 2.21. The molecular formula is C23H24N2O4S. The van der Waals surface area contributed by atoms with Crippen LogP contribution in [-0.4, -0.2) is 20.9 Å². The van der Waals surface area contributed by atoms with E-state index in [0.29, 0.717) is 29.3 Å². The second kappa shape index (κ2) is 9.00. The van der Waals surface area contributed by atoms with Gasteiger partial charge in [0.15, 0.2) is 0 Å². The quantitative estimate of drug-likeness (QED) is 0.573. The molecule has 0 aliphatic carbocycles. The molecule has 0 fully saturated rings. The summed E-state index contributed by atoms with van der Waals surface area (Å²) in [5, 5.41) is 2.76. The minimum atomic E-state index is -3.73. The van der Waals surface area contributed by atoms with Crippen molar-refractivity contribution in [1.82, 2.24) is 0 Å².